The maximum Gasteiger partial charge on any atom is 0.261 e. The quantitative estimate of drug-likeness (QED) is 0.567. The molecule has 0 aliphatic heterocycles. The summed E-state index contributed by atoms with van der Waals surface area (Å²) in [5.41, 5.74) is 1.37. The fourth-order valence-corrected chi connectivity index (χ4v) is 2.71. The van der Waals surface area contributed by atoms with E-state index in [0.29, 0.717) is 29.2 Å². The van der Waals surface area contributed by atoms with Crippen molar-refractivity contribution in [1.82, 2.24) is 10.6 Å². The highest BCUT2D eigenvalue weighted by molar-refractivity contribution is 7.80. The summed E-state index contributed by atoms with van der Waals surface area (Å²) < 4.78 is 5.63. The van der Waals surface area contributed by atoms with Crippen LogP contribution in [-0.2, 0) is 0 Å². The lowest BCUT2D eigenvalue weighted by molar-refractivity contribution is 0.0938. The van der Waals surface area contributed by atoms with Crippen molar-refractivity contribution < 1.29 is 14.3 Å². The normalized spacial score (nSPS) is 11.3. The van der Waals surface area contributed by atoms with E-state index < -0.39 is 0 Å². The topological polar surface area (TPSA) is 79.5 Å². The van der Waals surface area contributed by atoms with E-state index in [9.17, 15) is 9.59 Å². The summed E-state index contributed by atoms with van der Waals surface area (Å²) in [6, 6.07) is 14.1. The number of amides is 2. The van der Waals surface area contributed by atoms with E-state index in [1.54, 1.807) is 42.5 Å². The monoisotopic (exact) mass is 413 g/mol. The van der Waals surface area contributed by atoms with Gasteiger partial charge in [0.25, 0.3) is 11.8 Å². The molecule has 1 atom stereocenters. The van der Waals surface area contributed by atoms with E-state index in [1.165, 1.54) is 0 Å². The van der Waals surface area contributed by atoms with Gasteiger partial charge in [0.15, 0.2) is 5.11 Å². The minimum atomic E-state index is -0.379. The fraction of sp³-hybridized carbons (Fsp3) is 0.318. The first-order chi connectivity index (χ1) is 14.0. The maximum absolute atomic E-state index is 12.6. The standard InChI is InChI=1S/C22H27N3O3S/c1-4-14-28-19-13-9-7-11-17(19)21(27)25-22(29)24-18-12-8-6-10-16(18)20(26)23-15(3)5-2/h6-13,15H,4-5,14H2,1-3H3,(H,23,26)(H2,24,25,27,29). The van der Waals surface area contributed by atoms with Gasteiger partial charge >= 0.3 is 0 Å². The van der Waals surface area contributed by atoms with Crippen molar-refractivity contribution in [2.45, 2.75) is 39.7 Å². The molecule has 0 radical (unpaired) electrons. The molecule has 7 heteroatoms. The Hall–Kier alpha value is -2.93. The van der Waals surface area contributed by atoms with Crippen LogP contribution in [0.3, 0.4) is 0 Å². The Morgan fingerprint density at radius 2 is 1.66 bits per heavy atom. The molecule has 2 aromatic carbocycles. The molecule has 0 aliphatic carbocycles. The number of benzene rings is 2. The van der Waals surface area contributed by atoms with Crippen LogP contribution in [-0.4, -0.2) is 29.6 Å². The van der Waals surface area contributed by atoms with Crippen LogP contribution in [0.1, 0.15) is 54.3 Å². The molecule has 29 heavy (non-hydrogen) atoms. The molecule has 3 N–H and O–H groups in total. The number of anilines is 1. The van der Waals surface area contributed by atoms with Gasteiger partial charge < -0.3 is 15.4 Å². The lowest BCUT2D eigenvalue weighted by Crippen LogP contribution is -2.36. The van der Waals surface area contributed by atoms with E-state index in [1.807, 2.05) is 26.8 Å². The number of hydrogen-bond donors (Lipinski definition) is 3. The summed E-state index contributed by atoms with van der Waals surface area (Å²) in [7, 11) is 0. The zero-order valence-corrected chi connectivity index (χ0v) is 17.8. The lowest BCUT2D eigenvalue weighted by atomic mass is 10.1. The van der Waals surface area contributed by atoms with Gasteiger partial charge in [-0.3, -0.25) is 14.9 Å². The second kappa shape index (κ2) is 11.2. The number of ether oxygens (including phenoxy) is 1. The van der Waals surface area contributed by atoms with Crippen LogP contribution < -0.4 is 20.7 Å². The third-order valence-corrected chi connectivity index (χ3v) is 4.43. The zero-order chi connectivity index (χ0) is 21.2. The van der Waals surface area contributed by atoms with E-state index >= 15 is 0 Å². The van der Waals surface area contributed by atoms with Crippen molar-refractivity contribution in [1.29, 1.82) is 0 Å². The average Bonchev–Trinajstić information content (AvgIpc) is 2.72. The molecular formula is C22H27N3O3S. The predicted octanol–water partition coefficient (Wildman–Crippen LogP) is 4.13. The van der Waals surface area contributed by atoms with Gasteiger partial charge in [-0.05, 0) is 56.2 Å². The zero-order valence-electron chi connectivity index (χ0n) is 17.0. The second-order valence-electron chi connectivity index (χ2n) is 6.58. The van der Waals surface area contributed by atoms with Gasteiger partial charge in [0, 0.05) is 6.04 Å². The minimum Gasteiger partial charge on any atom is -0.493 e. The Morgan fingerprint density at radius 1 is 1.00 bits per heavy atom. The number of carbonyl (C=O) groups excluding carboxylic acids is 2. The molecule has 0 bridgehead atoms. The summed E-state index contributed by atoms with van der Waals surface area (Å²) in [6.07, 6.45) is 1.67. The Labute approximate surface area is 177 Å². The fourth-order valence-electron chi connectivity index (χ4n) is 2.51. The lowest BCUT2D eigenvalue weighted by Gasteiger charge is -2.16. The van der Waals surface area contributed by atoms with E-state index in [2.05, 4.69) is 16.0 Å². The molecule has 2 rings (SSSR count). The summed E-state index contributed by atoms with van der Waals surface area (Å²) in [4.78, 5) is 25.1. The van der Waals surface area contributed by atoms with Gasteiger partial charge in [-0.25, -0.2) is 0 Å². The highest BCUT2D eigenvalue weighted by Gasteiger charge is 2.16. The summed E-state index contributed by atoms with van der Waals surface area (Å²) >= 11 is 5.28. The number of hydrogen-bond acceptors (Lipinski definition) is 4. The predicted molar refractivity (Wildman–Crippen MR) is 120 cm³/mol. The summed E-state index contributed by atoms with van der Waals surface area (Å²) in [5.74, 6) is -0.0754. The summed E-state index contributed by atoms with van der Waals surface area (Å²) in [5, 5.41) is 8.62. The Kier molecular flexibility index (Phi) is 8.61. The first-order valence-electron chi connectivity index (χ1n) is 9.70. The molecule has 6 nitrogen and oxygen atoms in total. The number of nitrogens with one attached hydrogen (secondary N) is 3. The first-order valence-corrected chi connectivity index (χ1v) is 10.1. The highest BCUT2D eigenvalue weighted by Crippen LogP contribution is 2.19. The maximum atomic E-state index is 12.6. The number of carbonyl (C=O) groups is 2. The van der Waals surface area contributed by atoms with Crippen LogP contribution in [0.4, 0.5) is 5.69 Å². The van der Waals surface area contributed by atoms with Crippen molar-refractivity contribution in [2.75, 3.05) is 11.9 Å². The molecule has 2 aromatic rings. The van der Waals surface area contributed by atoms with Gasteiger partial charge in [-0.15, -0.1) is 0 Å². The Bertz CT molecular complexity index is 870. The van der Waals surface area contributed by atoms with Gasteiger partial charge in [0.1, 0.15) is 5.75 Å². The van der Waals surface area contributed by atoms with Gasteiger partial charge in [-0.1, -0.05) is 38.1 Å². The van der Waals surface area contributed by atoms with Crippen LogP contribution in [0.15, 0.2) is 48.5 Å². The Balaban J connectivity index is 2.09. The number of thiocarbonyl (C=S) groups is 1. The van der Waals surface area contributed by atoms with E-state index in [0.717, 1.165) is 12.8 Å². The van der Waals surface area contributed by atoms with Crippen molar-refractivity contribution in [3.63, 3.8) is 0 Å². The molecule has 0 saturated heterocycles. The van der Waals surface area contributed by atoms with Crippen LogP contribution in [0, 0.1) is 0 Å². The van der Waals surface area contributed by atoms with E-state index in [4.69, 9.17) is 17.0 Å². The smallest absolute Gasteiger partial charge is 0.261 e. The Morgan fingerprint density at radius 3 is 2.34 bits per heavy atom. The van der Waals surface area contributed by atoms with Crippen LogP contribution in [0.25, 0.3) is 0 Å². The van der Waals surface area contributed by atoms with Crippen molar-refractivity contribution >= 4 is 34.8 Å². The molecule has 0 aliphatic rings. The molecule has 1 unspecified atom stereocenters. The SMILES string of the molecule is CCCOc1ccccc1C(=O)NC(=S)Nc1ccccc1C(=O)NC(C)CC. The molecule has 0 fully saturated rings. The summed E-state index contributed by atoms with van der Waals surface area (Å²) in [6.45, 7) is 6.46. The second-order valence-corrected chi connectivity index (χ2v) is 6.99. The van der Waals surface area contributed by atoms with Gasteiger partial charge in [-0.2, -0.15) is 0 Å². The highest BCUT2D eigenvalue weighted by atomic mass is 32.1. The number of rotatable bonds is 8. The minimum absolute atomic E-state index is 0.0573. The molecule has 2 amide bonds. The first kappa shape index (κ1) is 22.4. The van der Waals surface area contributed by atoms with Crippen LogP contribution in [0.2, 0.25) is 0 Å². The van der Waals surface area contributed by atoms with Crippen molar-refractivity contribution in [2.24, 2.45) is 0 Å². The van der Waals surface area contributed by atoms with Gasteiger partial charge in [0.05, 0.1) is 23.4 Å². The average molecular weight is 414 g/mol. The third kappa shape index (κ3) is 6.57. The molecule has 0 spiro atoms. The number of para-hydroxylation sites is 2. The molecule has 0 saturated carbocycles. The van der Waals surface area contributed by atoms with Gasteiger partial charge in [0.2, 0.25) is 0 Å². The van der Waals surface area contributed by atoms with E-state index in [-0.39, 0.29) is 23.0 Å². The molecular weight excluding hydrogens is 386 g/mol. The molecule has 0 aromatic heterocycles. The largest absolute Gasteiger partial charge is 0.493 e. The van der Waals surface area contributed by atoms with Crippen molar-refractivity contribution in [3.8, 4) is 5.75 Å². The third-order valence-electron chi connectivity index (χ3n) is 4.23. The van der Waals surface area contributed by atoms with Crippen LogP contribution >= 0.6 is 12.2 Å². The molecule has 0 heterocycles. The molecule has 154 valence electrons. The van der Waals surface area contributed by atoms with Crippen molar-refractivity contribution in [3.05, 3.63) is 59.7 Å². The van der Waals surface area contributed by atoms with Crippen LogP contribution in [0.5, 0.6) is 5.75 Å².